The Morgan fingerprint density at radius 1 is 1.16 bits per heavy atom. The molecular formula is C14H30N2O3. The fourth-order valence-corrected chi connectivity index (χ4v) is 1.79. The third-order valence-electron chi connectivity index (χ3n) is 2.65. The van der Waals surface area contributed by atoms with Crippen LogP contribution in [0.5, 0.6) is 0 Å². The number of amides is 1. The van der Waals surface area contributed by atoms with Crippen LogP contribution in [0.25, 0.3) is 0 Å². The minimum atomic E-state index is -0.169. The molecule has 5 nitrogen and oxygen atoms in total. The Labute approximate surface area is 117 Å². The van der Waals surface area contributed by atoms with Gasteiger partial charge in [-0.05, 0) is 34.2 Å². The third kappa shape index (κ3) is 9.87. The minimum Gasteiger partial charge on any atom is -0.353 e. The number of nitrogens with zero attached hydrogens (tertiary/aromatic N) is 1. The van der Waals surface area contributed by atoms with E-state index in [1.165, 1.54) is 0 Å². The summed E-state index contributed by atoms with van der Waals surface area (Å²) >= 11 is 0. The van der Waals surface area contributed by atoms with Gasteiger partial charge in [0, 0.05) is 32.2 Å². The van der Waals surface area contributed by atoms with Crippen LogP contribution in [0.3, 0.4) is 0 Å². The van der Waals surface area contributed by atoms with Crippen LogP contribution in [0.4, 0.5) is 0 Å². The van der Waals surface area contributed by atoms with Gasteiger partial charge in [-0.3, -0.25) is 9.69 Å². The van der Waals surface area contributed by atoms with Crippen molar-refractivity contribution in [3.63, 3.8) is 0 Å². The van der Waals surface area contributed by atoms with Gasteiger partial charge in [-0.15, -0.1) is 0 Å². The van der Waals surface area contributed by atoms with Gasteiger partial charge in [0.15, 0.2) is 6.29 Å². The first-order valence-electron chi connectivity index (χ1n) is 7.28. The first-order valence-corrected chi connectivity index (χ1v) is 7.28. The lowest BCUT2D eigenvalue weighted by Gasteiger charge is -2.23. The summed E-state index contributed by atoms with van der Waals surface area (Å²) in [4.78, 5) is 13.8. The molecule has 0 aromatic rings. The van der Waals surface area contributed by atoms with Crippen molar-refractivity contribution in [1.29, 1.82) is 0 Å². The first-order chi connectivity index (χ1) is 9.03. The Hall–Kier alpha value is -0.650. The molecule has 114 valence electrons. The minimum absolute atomic E-state index is 0.0706. The van der Waals surface area contributed by atoms with Gasteiger partial charge < -0.3 is 14.8 Å². The van der Waals surface area contributed by atoms with Crippen LogP contribution >= 0.6 is 0 Å². The number of carbonyl (C=O) groups excluding carboxylic acids is 1. The summed E-state index contributed by atoms with van der Waals surface area (Å²) in [6, 6.07) is 0.186. The lowest BCUT2D eigenvalue weighted by Crippen LogP contribution is -2.41. The highest BCUT2D eigenvalue weighted by Gasteiger charge is 2.13. The highest BCUT2D eigenvalue weighted by molar-refractivity contribution is 5.78. The summed E-state index contributed by atoms with van der Waals surface area (Å²) in [6.07, 6.45) is 0.613. The van der Waals surface area contributed by atoms with Crippen LogP contribution < -0.4 is 5.32 Å². The number of hydrogen-bond donors (Lipinski definition) is 1. The van der Waals surface area contributed by atoms with E-state index in [1.54, 1.807) is 0 Å². The largest absolute Gasteiger partial charge is 0.353 e. The van der Waals surface area contributed by atoms with Crippen LogP contribution in [0.1, 0.15) is 41.0 Å². The van der Waals surface area contributed by atoms with Crippen LogP contribution in [0.2, 0.25) is 0 Å². The molecular weight excluding hydrogens is 244 g/mol. The molecule has 1 N–H and O–H groups in total. The summed E-state index contributed by atoms with van der Waals surface area (Å²) < 4.78 is 11.0. The summed E-state index contributed by atoms with van der Waals surface area (Å²) in [7, 11) is 0. The van der Waals surface area contributed by atoms with E-state index in [0.717, 1.165) is 19.5 Å². The van der Waals surface area contributed by atoms with Crippen molar-refractivity contribution in [2.24, 2.45) is 0 Å². The Morgan fingerprint density at radius 2 is 1.74 bits per heavy atom. The van der Waals surface area contributed by atoms with E-state index in [9.17, 15) is 4.79 Å². The fraction of sp³-hybridized carbons (Fsp3) is 0.929. The number of nitrogens with one attached hydrogen (secondary N) is 1. The number of hydrogen-bond acceptors (Lipinski definition) is 4. The summed E-state index contributed by atoms with van der Waals surface area (Å²) in [5.41, 5.74) is 0. The molecule has 0 radical (unpaired) electrons. The molecule has 0 spiro atoms. The van der Waals surface area contributed by atoms with Crippen LogP contribution in [0, 0.1) is 0 Å². The Morgan fingerprint density at radius 3 is 2.16 bits per heavy atom. The Bertz CT molecular complexity index is 229. The number of likely N-dealkylation sites (N-methyl/N-ethyl adjacent to an activating group) is 1. The summed E-state index contributed by atoms with van der Waals surface area (Å²) in [5, 5.41) is 2.90. The highest BCUT2D eigenvalue weighted by atomic mass is 16.7. The molecule has 0 aliphatic carbocycles. The van der Waals surface area contributed by atoms with E-state index < -0.39 is 0 Å². The zero-order valence-corrected chi connectivity index (χ0v) is 13.1. The lowest BCUT2D eigenvalue weighted by atomic mass is 10.3. The van der Waals surface area contributed by atoms with Gasteiger partial charge in [-0.2, -0.15) is 0 Å². The van der Waals surface area contributed by atoms with Crippen molar-refractivity contribution >= 4 is 5.91 Å². The molecule has 0 saturated heterocycles. The topological polar surface area (TPSA) is 50.8 Å². The van der Waals surface area contributed by atoms with E-state index in [4.69, 9.17) is 9.47 Å². The summed E-state index contributed by atoms with van der Waals surface area (Å²) in [5.74, 6) is 0.0706. The molecule has 0 fully saturated rings. The van der Waals surface area contributed by atoms with Gasteiger partial charge in [-0.25, -0.2) is 0 Å². The molecule has 0 aromatic heterocycles. The maximum Gasteiger partial charge on any atom is 0.234 e. The fourth-order valence-electron chi connectivity index (χ4n) is 1.79. The monoisotopic (exact) mass is 274 g/mol. The average Bonchev–Trinajstić information content (AvgIpc) is 2.33. The molecule has 0 unspecified atom stereocenters. The smallest absolute Gasteiger partial charge is 0.234 e. The molecule has 0 rings (SSSR count). The van der Waals surface area contributed by atoms with E-state index >= 15 is 0 Å². The molecule has 1 amide bonds. The molecule has 0 aliphatic heterocycles. The number of rotatable bonds is 11. The van der Waals surface area contributed by atoms with Crippen LogP contribution in [0.15, 0.2) is 0 Å². The Kier molecular flexibility index (Phi) is 10.8. The zero-order valence-electron chi connectivity index (χ0n) is 13.1. The van der Waals surface area contributed by atoms with Crippen molar-refractivity contribution in [3.8, 4) is 0 Å². The van der Waals surface area contributed by atoms with Gasteiger partial charge in [0.05, 0.1) is 6.54 Å². The quantitative estimate of drug-likeness (QED) is 0.582. The lowest BCUT2D eigenvalue weighted by molar-refractivity contribution is -0.142. The van der Waals surface area contributed by atoms with Crippen molar-refractivity contribution in [2.45, 2.75) is 53.4 Å². The maximum absolute atomic E-state index is 11.7. The van der Waals surface area contributed by atoms with Crippen molar-refractivity contribution in [2.75, 3.05) is 32.8 Å². The van der Waals surface area contributed by atoms with Crippen LogP contribution in [-0.4, -0.2) is 56.0 Å². The molecule has 19 heavy (non-hydrogen) atoms. The second kappa shape index (κ2) is 11.2. The van der Waals surface area contributed by atoms with E-state index in [-0.39, 0.29) is 18.2 Å². The molecule has 0 heterocycles. The maximum atomic E-state index is 11.7. The molecule has 0 bridgehead atoms. The van der Waals surface area contributed by atoms with Gasteiger partial charge in [0.25, 0.3) is 0 Å². The second-order valence-corrected chi connectivity index (χ2v) is 4.72. The Balaban J connectivity index is 4.05. The summed E-state index contributed by atoms with van der Waals surface area (Å²) in [6.45, 7) is 13.3. The van der Waals surface area contributed by atoms with E-state index in [0.29, 0.717) is 19.8 Å². The molecule has 0 aliphatic rings. The van der Waals surface area contributed by atoms with E-state index in [2.05, 4.69) is 17.1 Å². The van der Waals surface area contributed by atoms with Gasteiger partial charge >= 0.3 is 0 Å². The molecule has 5 heteroatoms. The standard InChI is InChI=1S/C14H30N2O3/c1-6-16(11-13(17)15-12(4)5)10-9-14(18-7-2)19-8-3/h12,14H,6-11H2,1-5H3,(H,15,17). The van der Waals surface area contributed by atoms with E-state index in [1.807, 2.05) is 27.7 Å². The SMILES string of the molecule is CCOC(CCN(CC)CC(=O)NC(C)C)OCC. The van der Waals surface area contributed by atoms with Gasteiger partial charge in [0.1, 0.15) is 0 Å². The molecule has 0 saturated carbocycles. The van der Waals surface area contributed by atoms with Crippen molar-refractivity contribution < 1.29 is 14.3 Å². The molecule has 0 aromatic carbocycles. The first kappa shape index (κ1) is 18.4. The van der Waals surface area contributed by atoms with Gasteiger partial charge in [-0.1, -0.05) is 6.92 Å². The predicted octanol–water partition coefficient (Wildman–Crippen LogP) is 1.62. The van der Waals surface area contributed by atoms with Crippen LogP contribution in [-0.2, 0) is 14.3 Å². The van der Waals surface area contributed by atoms with Gasteiger partial charge in [0.2, 0.25) is 5.91 Å². The second-order valence-electron chi connectivity index (χ2n) is 4.72. The average molecular weight is 274 g/mol. The number of carbonyl (C=O) groups is 1. The predicted molar refractivity (Wildman–Crippen MR) is 77.0 cm³/mol. The van der Waals surface area contributed by atoms with Crippen molar-refractivity contribution in [1.82, 2.24) is 10.2 Å². The highest BCUT2D eigenvalue weighted by Crippen LogP contribution is 2.03. The molecule has 0 atom stereocenters. The zero-order chi connectivity index (χ0) is 14.7. The number of ether oxygens (including phenoxy) is 2. The third-order valence-corrected chi connectivity index (χ3v) is 2.65. The van der Waals surface area contributed by atoms with Crippen molar-refractivity contribution in [3.05, 3.63) is 0 Å². The normalized spacial score (nSPS) is 11.6.